The quantitative estimate of drug-likeness (QED) is 0.0784. The van der Waals surface area contributed by atoms with E-state index in [1.807, 2.05) is 72.8 Å². The van der Waals surface area contributed by atoms with Crippen molar-refractivity contribution < 1.29 is 0 Å². The molecule has 0 saturated heterocycles. The van der Waals surface area contributed by atoms with E-state index < -0.39 is 0 Å². The topological polar surface area (TPSA) is 103 Å². The molecule has 0 saturated carbocycles. The number of nitrogens with zero attached hydrogens (tertiary/aromatic N) is 8. The lowest BCUT2D eigenvalue weighted by atomic mass is 9.95. The molecular weight excluding hydrogens is 1460 g/mol. The van der Waals surface area contributed by atoms with Gasteiger partial charge in [-0.1, -0.05) is 382 Å². The third kappa shape index (κ3) is 14.4. The maximum atomic E-state index is 5.26. The van der Waals surface area contributed by atoms with E-state index in [0.717, 1.165) is 133 Å². The highest BCUT2D eigenvalue weighted by atomic mass is 15.0. The van der Waals surface area contributed by atoms with Crippen LogP contribution >= 0.6 is 0 Å². The van der Waals surface area contributed by atoms with Crippen LogP contribution in [0.2, 0.25) is 0 Å². The molecule has 0 atom stereocenters. The van der Waals surface area contributed by atoms with Crippen molar-refractivity contribution in [1.82, 2.24) is 39.9 Å². The molecule has 8 heteroatoms. The number of pyridine rings is 2. The van der Waals surface area contributed by atoms with Crippen molar-refractivity contribution in [3.8, 4) is 158 Å². The summed E-state index contributed by atoms with van der Waals surface area (Å²) in [6.07, 6.45) is 0. The van der Waals surface area contributed by atoms with E-state index in [1.165, 1.54) is 54.2 Å². The molecule has 22 rings (SSSR count). The molecule has 120 heavy (non-hydrogen) atoms. The number of rotatable bonds is 14. The first kappa shape index (κ1) is 71.6. The van der Waals surface area contributed by atoms with Crippen LogP contribution < -0.4 is 0 Å². The predicted octanol–water partition coefficient (Wildman–Crippen LogP) is 28.8. The van der Waals surface area contributed by atoms with Gasteiger partial charge in [-0.2, -0.15) is 0 Å². The number of para-hydroxylation sites is 1. The van der Waals surface area contributed by atoms with Crippen molar-refractivity contribution in [2.45, 2.75) is 0 Å². The third-order valence-corrected chi connectivity index (χ3v) is 22.6. The fraction of sp³-hybridized carbons (Fsp3) is 0. The molecule has 18 aromatic carbocycles. The summed E-state index contributed by atoms with van der Waals surface area (Å²) in [5.74, 6) is 3.80. The molecule has 22 aromatic rings. The molecule has 8 nitrogen and oxygen atoms in total. The second kappa shape index (κ2) is 31.6. The van der Waals surface area contributed by atoms with Crippen molar-refractivity contribution >= 4 is 64.9 Å². The highest BCUT2D eigenvalue weighted by molar-refractivity contribution is 6.16. The molecule has 4 heterocycles. The number of aromatic nitrogens is 8. The number of benzene rings is 18. The molecule has 0 aliphatic rings. The minimum atomic E-state index is 0.627. The molecule has 0 bridgehead atoms. The summed E-state index contributed by atoms with van der Waals surface area (Å²) in [6.45, 7) is 0. The Kier molecular flexibility index (Phi) is 18.8. The zero-order chi connectivity index (χ0) is 79.7. The van der Waals surface area contributed by atoms with Crippen LogP contribution in [0.15, 0.2) is 437 Å². The normalized spacial score (nSPS) is 11.3. The van der Waals surface area contributed by atoms with Gasteiger partial charge in [0.2, 0.25) is 0 Å². The first-order valence-electron chi connectivity index (χ1n) is 40.4. The van der Waals surface area contributed by atoms with Crippen molar-refractivity contribution in [2.75, 3.05) is 0 Å². The third-order valence-electron chi connectivity index (χ3n) is 22.6. The average molecular weight is 1530 g/mol. The predicted molar refractivity (Wildman–Crippen MR) is 496 cm³/mol. The second-order valence-corrected chi connectivity index (χ2v) is 30.2. The first-order valence-corrected chi connectivity index (χ1v) is 40.4. The fourth-order valence-corrected chi connectivity index (χ4v) is 16.4. The van der Waals surface area contributed by atoms with Gasteiger partial charge in [-0.3, -0.25) is 0 Å². The van der Waals surface area contributed by atoms with Gasteiger partial charge in [0.1, 0.15) is 0 Å². The Labute approximate surface area is 694 Å². The lowest BCUT2D eigenvalue weighted by molar-refractivity contribution is 1.07. The minimum absolute atomic E-state index is 0.627. The van der Waals surface area contributed by atoms with Crippen molar-refractivity contribution in [3.63, 3.8) is 0 Å². The van der Waals surface area contributed by atoms with Gasteiger partial charge >= 0.3 is 0 Å². The lowest BCUT2D eigenvalue weighted by Crippen LogP contribution is -2.00. The molecular formula is C112H72N8. The Balaban J connectivity index is 0.000000148. The molecule has 0 aliphatic carbocycles. The Morgan fingerprint density at radius 3 is 0.767 bits per heavy atom. The van der Waals surface area contributed by atoms with Gasteiger partial charge in [-0.05, 0) is 154 Å². The summed E-state index contributed by atoms with van der Waals surface area (Å²) in [4.78, 5) is 40.6. The summed E-state index contributed by atoms with van der Waals surface area (Å²) in [6, 6.07) is 153. The van der Waals surface area contributed by atoms with E-state index in [0.29, 0.717) is 34.9 Å². The van der Waals surface area contributed by atoms with Gasteiger partial charge in [0.15, 0.2) is 34.9 Å². The summed E-state index contributed by atoms with van der Waals surface area (Å²) in [5, 5.41) is 11.9. The maximum Gasteiger partial charge on any atom is 0.164 e. The summed E-state index contributed by atoms with van der Waals surface area (Å²) in [5.41, 5.74) is 25.3. The zero-order valence-corrected chi connectivity index (χ0v) is 65.1. The van der Waals surface area contributed by atoms with Gasteiger partial charge in [0, 0.05) is 66.1 Å². The summed E-state index contributed by atoms with van der Waals surface area (Å²) in [7, 11) is 0. The molecule has 0 aliphatic heterocycles. The van der Waals surface area contributed by atoms with Gasteiger partial charge < -0.3 is 0 Å². The van der Waals surface area contributed by atoms with E-state index in [1.54, 1.807) is 0 Å². The van der Waals surface area contributed by atoms with E-state index in [2.05, 4.69) is 364 Å². The number of fused-ring (bicyclic) bond motifs is 8. The second-order valence-electron chi connectivity index (χ2n) is 30.2. The number of hydrogen-bond acceptors (Lipinski definition) is 8. The minimum Gasteiger partial charge on any atom is -0.247 e. The van der Waals surface area contributed by atoms with E-state index in [-0.39, 0.29) is 0 Å². The van der Waals surface area contributed by atoms with E-state index in [4.69, 9.17) is 39.9 Å². The zero-order valence-electron chi connectivity index (χ0n) is 65.1. The Morgan fingerprint density at radius 1 is 0.108 bits per heavy atom. The molecule has 4 aromatic heterocycles. The average Bonchev–Trinajstić information content (AvgIpc) is 0.769. The molecule has 0 spiro atoms. The van der Waals surface area contributed by atoms with Gasteiger partial charge in [-0.25, -0.2) is 39.9 Å². The number of hydrogen-bond donors (Lipinski definition) is 0. The van der Waals surface area contributed by atoms with Crippen molar-refractivity contribution in [3.05, 3.63) is 437 Å². The van der Waals surface area contributed by atoms with Crippen LogP contribution in [0, 0.1) is 0 Å². The Morgan fingerprint density at radius 2 is 0.350 bits per heavy atom. The van der Waals surface area contributed by atoms with Crippen LogP contribution in [-0.4, -0.2) is 39.9 Å². The standard InChI is InChI=1S/2C56H36N4/c1-3-13-37(14-4-1)38-27-31-42(32-28-38)55-58-54(41-15-5-2-6-16-41)59-56(60-55)48-22-12-21-45(34-48)44-20-11-19-43(33-44)39-25-29-40(30-26-39)53-51-36-47-18-8-7-17-46(47)35-50(51)49-23-9-10-24-52(49)57-53;1-3-13-37(14-4-1)38-27-31-42(32-28-38)55-58-54(41-15-5-2-6-16-41)59-56(60-55)48-22-12-21-45(34-48)44-20-11-19-43(33-44)39-25-29-40(30-26-39)53-50-24-10-9-23-49(50)51-35-46-17-7-8-18-47(46)36-52(51)57-53/h2*1-36H. The molecule has 0 radical (unpaired) electrons. The Bertz CT molecular complexity index is 7600. The molecule has 0 unspecified atom stereocenters. The molecule has 0 fully saturated rings. The van der Waals surface area contributed by atoms with Crippen LogP contribution in [0.3, 0.4) is 0 Å². The van der Waals surface area contributed by atoms with Crippen LogP contribution in [0.1, 0.15) is 0 Å². The molecule has 0 amide bonds. The maximum absolute atomic E-state index is 5.26. The van der Waals surface area contributed by atoms with Crippen LogP contribution in [0.4, 0.5) is 0 Å². The van der Waals surface area contributed by atoms with Crippen LogP contribution in [0.25, 0.3) is 222 Å². The molecule has 560 valence electrons. The SMILES string of the molecule is c1ccc(-c2ccc(-c3nc(-c4ccccc4)nc(-c4cccc(-c5cccc(-c6ccc(-c7nc8cc9ccccc9cc8c8ccccc78)cc6)c5)c4)n3)cc2)cc1.c1ccc(-c2ccc(-c3nc(-c4ccccc4)nc(-c4cccc(-c5cccc(-c6ccc(-c7nc8ccccc8c8cc9ccccc9cc78)cc6)c5)c4)n3)cc2)cc1. The monoisotopic (exact) mass is 1530 g/mol. The van der Waals surface area contributed by atoms with Crippen LogP contribution in [0.5, 0.6) is 0 Å². The highest BCUT2D eigenvalue weighted by Crippen LogP contribution is 2.41. The summed E-state index contributed by atoms with van der Waals surface area (Å²) < 4.78 is 0. The van der Waals surface area contributed by atoms with Crippen molar-refractivity contribution in [1.29, 1.82) is 0 Å². The largest absolute Gasteiger partial charge is 0.247 e. The first-order chi connectivity index (χ1) is 59.4. The van der Waals surface area contributed by atoms with Crippen molar-refractivity contribution in [2.24, 2.45) is 0 Å². The van der Waals surface area contributed by atoms with Crippen LogP contribution in [-0.2, 0) is 0 Å². The van der Waals surface area contributed by atoms with Gasteiger partial charge in [0.05, 0.1) is 22.4 Å². The Hall–Kier alpha value is -16.2. The smallest absolute Gasteiger partial charge is 0.164 e. The van der Waals surface area contributed by atoms with Gasteiger partial charge in [0.25, 0.3) is 0 Å². The lowest BCUT2D eigenvalue weighted by Gasteiger charge is -2.13. The fourth-order valence-electron chi connectivity index (χ4n) is 16.4. The van der Waals surface area contributed by atoms with Gasteiger partial charge in [-0.15, -0.1) is 0 Å². The van der Waals surface area contributed by atoms with E-state index >= 15 is 0 Å². The molecule has 0 N–H and O–H groups in total. The highest BCUT2D eigenvalue weighted by Gasteiger charge is 2.20. The van der Waals surface area contributed by atoms with E-state index in [9.17, 15) is 0 Å². The summed E-state index contributed by atoms with van der Waals surface area (Å²) >= 11 is 0.